The second-order valence-electron chi connectivity index (χ2n) is 4.02. The summed E-state index contributed by atoms with van der Waals surface area (Å²) < 4.78 is 18.7. The van der Waals surface area contributed by atoms with Gasteiger partial charge >= 0.3 is 0 Å². The summed E-state index contributed by atoms with van der Waals surface area (Å²) in [7, 11) is 0. The molecule has 88 valence electrons. The molecule has 1 aromatic rings. The maximum absolute atomic E-state index is 13.1. The fraction of sp³-hybridized carbons (Fsp3) is 0.500. The van der Waals surface area contributed by atoms with E-state index in [9.17, 15) is 4.39 Å². The van der Waals surface area contributed by atoms with E-state index in [1.165, 1.54) is 6.07 Å². The van der Waals surface area contributed by atoms with Crippen molar-refractivity contribution in [1.29, 1.82) is 0 Å². The third-order valence-electron chi connectivity index (χ3n) is 2.76. The van der Waals surface area contributed by atoms with E-state index in [1.54, 1.807) is 12.1 Å². The number of benzene rings is 1. The summed E-state index contributed by atoms with van der Waals surface area (Å²) >= 11 is 0. The maximum Gasteiger partial charge on any atom is 0.124 e. The molecule has 0 saturated carbocycles. The van der Waals surface area contributed by atoms with Crippen molar-refractivity contribution < 1.29 is 9.13 Å². The van der Waals surface area contributed by atoms with E-state index < -0.39 is 0 Å². The molecule has 4 heteroatoms. The van der Waals surface area contributed by atoms with Crippen LogP contribution < -0.4 is 10.5 Å². The first-order valence-corrected chi connectivity index (χ1v) is 5.63. The normalized spacial score (nSPS) is 16.4. The van der Waals surface area contributed by atoms with Crippen molar-refractivity contribution in [2.24, 2.45) is 5.73 Å². The van der Waals surface area contributed by atoms with Gasteiger partial charge in [-0.05, 0) is 37.7 Å². The average Bonchev–Trinajstić information content (AvgIpc) is 2.47. The van der Waals surface area contributed by atoms with Crippen LogP contribution in [0.5, 0.6) is 5.75 Å². The Morgan fingerprint density at radius 1 is 1.44 bits per heavy atom. The summed E-state index contributed by atoms with van der Waals surface area (Å²) in [6.45, 7) is 3.90. The third kappa shape index (κ3) is 2.71. The molecule has 0 aliphatic carbocycles. The summed E-state index contributed by atoms with van der Waals surface area (Å²) in [6, 6.07) is 4.70. The van der Waals surface area contributed by atoms with Gasteiger partial charge in [-0.2, -0.15) is 0 Å². The van der Waals surface area contributed by atoms with Gasteiger partial charge < -0.3 is 10.5 Å². The summed E-state index contributed by atoms with van der Waals surface area (Å²) in [6.07, 6.45) is 0.963. The average molecular weight is 224 g/mol. The minimum absolute atomic E-state index is 0.206. The van der Waals surface area contributed by atoms with Crippen LogP contribution in [0.2, 0.25) is 0 Å². The van der Waals surface area contributed by atoms with E-state index in [4.69, 9.17) is 10.5 Å². The van der Waals surface area contributed by atoms with Crippen molar-refractivity contribution in [1.82, 2.24) is 4.90 Å². The molecule has 1 heterocycles. The number of nitrogens with zero attached hydrogens (tertiary/aromatic N) is 1. The van der Waals surface area contributed by atoms with Gasteiger partial charge in [-0.15, -0.1) is 0 Å². The van der Waals surface area contributed by atoms with E-state index in [2.05, 4.69) is 4.90 Å². The molecular formula is C12H17FN2O. The molecule has 2 rings (SSSR count). The Hall–Kier alpha value is -1.13. The van der Waals surface area contributed by atoms with Gasteiger partial charge in [-0.25, -0.2) is 4.39 Å². The highest BCUT2D eigenvalue weighted by Crippen LogP contribution is 2.23. The van der Waals surface area contributed by atoms with Crippen molar-refractivity contribution in [3.63, 3.8) is 0 Å². The van der Waals surface area contributed by atoms with Crippen LogP contribution in [0, 0.1) is 5.82 Å². The van der Waals surface area contributed by atoms with E-state index in [0.29, 0.717) is 13.2 Å². The van der Waals surface area contributed by atoms with Crippen molar-refractivity contribution in [2.45, 2.75) is 13.0 Å². The smallest absolute Gasteiger partial charge is 0.124 e. The monoisotopic (exact) mass is 224 g/mol. The zero-order valence-electron chi connectivity index (χ0n) is 9.29. The largest absolute Gasteiger partial charge is 0.492 e. The Morgan fingerprint density at radius 3 is 3.12 bits per heavy atom. The minimum atomic E-state index is -0.206. The van der Waals surface area contributed by atoms with Crippen molar-refractivity contribution >= 4 is 0 Å². The molecule has 1 aliphatic heterocycles. The second kappa shape index (κ2) is 5.27. The van der Waals surface area contributed by atoms with Gasteiger partial charge in [-0.3, -0.25) is 4.90 Å². The quantitative estimate of drug-likeness (QED) is 0.842. The lowest BCUT2D eigenvalue weighted by Crippen LogP contribution is -2.28. The van der Waals surface area contributed by atoms with Gasteiger partial charge in [0.25, 0.3) is 0 Å². The Kier molecular flexibility index (Phi) is 3.74. The molecule has 0 radical (unpaired) electrons. The van der Waals surface area contributed by atoms with Gasteiger partial charge in [0.05, 0.1) is 0 Å². The first-order valence-electron chi connectivity index (χ1n) is 5.63. The van der Waals surface area contributed by atoms with E-state index in [1.807, 2.05) is 0 Å². The molecule has 0 unspecified atom stereocenters. The van der Waals surface area contributed by atoms with Crippen LogP contribution in [0.25, 0.3) is 0 Å². The van der Waals surface area contributed by atoms with E-state index in [-0.39, 0.29) is 5.82 Å². The standard InChI is InChI=1S/C12H17FN2O/c13-11-2-3-12-10(8-11)9-15(5-1-4-14)6-7-16-12/h2-3,8H,1,4-7,9,14H2. The molecule has 0 fully saturated rings. The summed E-state index contributed by atoms with van der Waals surface area (Å²) in [4.78, 5) is 2.25. The highest BCUT2D eigenvalue weighted by atomic mass is 19.1. The zero-order valence-corrected chi connectivity index (χ0v) is 9.29. The summed E-state index contributed by atoms with van der Waals surface area (Å²) in [5, 5.41) is 0. The molecule has 2 N–H and O–H groups in total. The zero-order chi connectivity index (χ0) is 11.4. The predicted molar refractivity (Wildman–Crippen MR) is 60.8 cm³/mol. The Balaban J connectivity index is 2.10. The highest BCUT2D eigenvalue weighted by Gasteiger charge is 2.15. The van der Waals surface area contributed by atoms with E-state index in [0.717, 1.165) is 37.4 Å². The lowest BCUT2D eigenvalue weighted by molar-refractivity contribution is 0.225. The number of hydrogen-bond donors (Lipinski definition) is 1. The number of rotatable bonds is 3. The van der Waals surface area contributed by atoms with Crippen molar-refractivity contribution in [3.8, 4) is 5.75 Å². The SMILES string of the molecule is NCCCN1CCOc2ccc(F)cc2C1. The molecule has 1 aliphatic rings. The topological polar surface area (TPSA) is 38.5 Å². The van der Waals surface area contributed by atoms with Crippen LogP contribution in [0.4, 0.5) is 4.39 Å². The van der Waals surface area contributed by atoms with Gasteiger partial charge in [0.2, 0.25) is 0 Å². The predicted octanol–water partition coefficient (Wildman–Crippen LogP) is 1.37. The molecule has 0 atom stereocenters. The summed E-state index contributed by atoms with van der Waals surface area (Å²) in [5.41, 5.74) is 6.41. The van der Waals surface area contributed by atoms with Gasteiger partial charge in [-0.1, -0.05) is 0 Å². The van der Waals surface area contributed by atoms with Crippen LogP contribution in [0.3, 0.4) is 0 Å². The lowest BCUT2D eigenvalue weighted by Gasteiger charge is -2.18. The van der Waals surface area contributed by atoms with Crippen LogP contribution in [0.1, 0.15) is 12.0 Å². The molecule has 0 bridgehead atoms. The number of halogens is 1. The Bertz CT molecular complexity index is 355. The molecule has 0 amide bonds. The minimum Gasteiger partial charge on any atom is -0.492 e. The summed E-state index contributed by atoms with van der Waals surface area (Å²) in [5.74, 6) is 0.597. The first-order chi connectivity index (χ1) is 7.79. The molecule has 0 spiro atoms. The maximum atomic E-state index is 13.1. The van der Waals surface area contributed by atoms with Crippen LogP contribution >= 0.6 is 0 Å². The molecule has 1 aromatic carbocycles. The number of fused-ring (bicyclic) bond motifs is 1. The first kappa shape index (κ1) is 11.4. The van der Waals surface area contributed by atoms with Gasteiger partial charge in [0, 0.05) is 18.7 Å². The van der Waals surface area contributed by atoms with Crippen LogP contribution in [-0.2, 0) is 6.54 Å². The van der Waals surface area contributed by atoms with E-state index >= 15 is 0 Å². The fourth-order valence-corrected chi connectivity index (χ4v) is 1.92. The Labute approximate surface area is 95.0 Å². The molecular weight excluding hydrogens is 207 g/mol. The van der Waals surface area contributed by atoms with Crippen molar-refractivity contribution in [3.05, 3.63) is 29.6 Å². The molecule has 0 aromatic heterocycles. The van der Waals surface area contributed by atoms with Gasteiger partial charge in [0.15, 0.2) is 0 Å². The molecule has 0 saturated heterocycles. The fourth-order valence-electron chi connectivity index (χ4n) is 1.92. The third-order valence-corrected chi connectivity index (χ3v) is 2.76. The van der Waals surface area contributed by atoms with Gasteiger partial charge in [0.1, 0.15) is 18.2 Å². The molecule has 3 nitrogen and oxygen atoms in total. The molecule has 16 heavy (non-hydrogen) atoms. The second-order valence-corrected chi connectivity index (χ2v) is 4.02. The number of ether oxygens (including phenoxy) is 1. The van der Waals surface area contributed by atoms with Crippen molar-refractivity contribution in [2.75, 3.05) is 26.2 Å². The van der Waals surface area contributed by atoms with Crippen LogP contribution in [-0.4, -0.2) is 31.1 Å². The number of hydrogen-bond acceptors (Lipinski definition) is 3. The highest BCUT2D eigenvalue weighted by molar-refractivity contribution is 5.34. The van der Waals surface area contributed by atoms with Crippen LogP contribution in [0.15, 0.2) is 18.2 Å². The Morgan fingerprint density at radius 2 is 2.31 bits per heavy atom. The lowest BCUT2D eigenvalue weighted by atomic mass is 10.2. The number of nitrogens with two attached hydrogens (primary N) is 1.